The zero-order valence-corrected chi connectivity index (χ0v) is 10.5. The Labute approximate surface area is 106 Å². The first-order valence-electron chi connectivity index (χ1n) is 6.24. The predicted octanol–water partition coefficient (Wildman–Crippen LogP) is 2.22. The van der Waals surface area contributed by atoms with Crippen LogP contribution in [0.2, 0.25) is 0 Å². The summed E-state index contributed by atoms with van der Waals surface area (Å²) in [5.74, 6) is 1.49. The Morgan fingerprint density at radius 3 is 2.89 bits per heavy atom. The van der Waals surface area contributed by atoms with E-state index in [1.54, 1.807) is 7.11 Å². The molecule has 1 aromatic heterocycles. The fraction of sp³-hybridized carbons (Fsp3) is 0.357. The van der Waals surface area contributed by atoms with Crippen molar-refractivity contribution in [2.24, 2.45) is 5.73 Å². The molecule has 18 heavy (non-hydrogen) atoms. The van der Waals surface area contributed by atoms with Gasteiger partial charge in [-0.3, -0.25) is 0 Å². The van der Waals surface area contributed by atoms with Crippen LogP contribution < -0.4 is 10.5 Å². The van der Waals surface area contributed by atoms with E-state index >= 15 is 0 Å². The number of benzene rings is 1. The molecule has 1 saturated carbocycles. The minimum absolute atomic E-state index is 0.498. The van der Waals surface area contributed by atoms with Crippen LogP contribution in [0.1, 0.15) is 30.0 Å². The standard InChI is InChI=1S/C14H17N3O/c1-18-12-5-4-11(9-15)14(8-12)17-7-6-13(16-17)10-2-3-10/h4-8,10H,2-3,9,15H2,1H3. The van der Waals surface area contributed by atoms with Gasteiger partial charge in [0.15, 0.2) is 0 Å². The molecule has 1 aliphatic rings. The van der Waals surface area contributed by atoms with Crippen molar-refractivity contribution < 1.29 is 4.74 Å². The molecule has 0 aliphatic heterocycles. The first kappa shape index (κ1) is 11.3. The molecular formula is C14H17N3O. The van der Waals surface area contributed by atoms with E-state index in [4.69, 9.17) is 10.5 Å². The summed E-state index contributed by atoms with van der Waals surface area (Å²) in [5.41, 5.74) is 9.03. The van der Waals surface area contributed by atoms with Gasteiger partial charge in [0.05, 0.1) is 18.5 Å². The molecule has 0 saturated heterocycles. The zero-order chi connectivity index (χ0) is 12.5. The molecule has 0 radical (unpaired) electrons. The summed E-state index contributed by atoms with van der Waals surface area (Å²) in [6.45, 7) is 0.498. The molecule has 1 fully saturated rings. The van der Waals surface area contributed by atoms with Gasteiger partial charge >= 0.3 is 0 Å². The summed E-state index contributed by atoms with van der Waals surface area (Å²) >= 11 is 0. The van der Waals surface area contributed by atoms with Gasteiger partial charge in [-0.15, -0.1) is 0 Å². The quantitative estimate of drug-likeness (QED) is 0.895. The van der Waals surface area contributed by atoms with Crippen molar-refractivity contribution in [3.05, 3.63) is 41.7 Å². The molecule has 1 aliphatic carbocycles. The Morgan fingerprint density at radius 2 is 2.22 bits per heavy atom. The summed E-state index contributed by atoms with van der Waals surface area (Å²) in [6.07, 6.45) is 4.53. The minimum Gasteiger partial charge on any atom is -0.497 e. The van der Waals surface area contributed by atoms with Crippen molar-refractivity contribution in [3.63, 3.8) is 0 Å². The van der Waals surface area contributed by atoms with E-state index in [2.05, 4.69) is 11.2 Å². The average Bonchev–Trinajstić information content (AvgIpc) is 3.16. The average molecular weight is 243 g/mol. The summed E-state index contributed by atoms with van der Waals surface area (Å²) in [6, 6.07) is 7.99. The Morgan fingerprint density at radius 1 is 1.39 bits per heavy atom. The topological polar surface area (TPSA) is 53.1 Å². The highest BCUT2D eigenvalue weighted by molar-refractivity contribution is 5.46. The normalized spacial score (nSPS) is 14.8. The lowest BCUT2D eigenvalue weighted by Gasteiger charge is -2.10. The Kier molecular flexibility index (Phi) is 2.80. The van der Waals surface area contributed by atoms with Gasteiger partial charge in [0.25, 0.3) is 0 Å². The highest BCUT2D eigenvalue weighted by atomic mass is 16.5. The number of hydrogen-bond acceptors (Lipinski definition) is 3. The molecular weight excluding hydrogens is 226 g/mol. The maximum Gasteiger partial charge on any atom is 0.121 e. The van der Waals surface area contributed by atoms with Crippen LogP contribution in [0, 0.1) is 0 Å². The highest BCUT2D eigenvalue weighted by Gasteiger charge is 2.26. The number of rotatable bonds is 4. The number of methoxy groups -OCH3 is 1. The van der Waals surface area contributed by atoms with Crippen LogP contribution in [-0.4, -0.2) is 16.9 Å². The summed E-state index contributed by atoms with van der Waals surface area (Å²) in [5, 5.41) is 4.63. The van der Waals surface area contributed by atoms with Crippen LogP contribution in [0.3, 0.4) is 0 Å². The molecule has 1 heterocycles. The monoisotopic (exact) mass is 243 g/mol. The van der Waals surface area contributed by atoms with Gasteiger partial charge in [-0.25, -0.2) is 4.68 Å². The van der Waals surface area contributed by atoms with Crippen molar-refractivity contribution in [2.75, 3.05) is 7.11 Å². The molecule has 94 valence electrons. The van der Waals surface area contributed by atoms with Gasteiger partial charge in [-0.2, -0.15) is 5.10 Å². The van der Waals surface area contributed by atoms with E-state index in [0.29, 0.717) is 12.5 Å². The second-order valence-electron chi connectivity index (χ2n) is 4.66. The molecule has 2 aromatic rings. The first-order valence-corrected chi connectivity index (χ1v) is 6.24. The van der Waals surface area contributed by atoms with Gasteiger partial charge in [-0.05, 0) is 30.5 Å². The SMILES string of the molecule is COc1ccc(CN)c(-n2ccc(C3CC3)n2)c1. The van der Waals surface area contributed by atoms with Crippen LogP contribution in [0.5, 0.6) is 5.75 Å². The number of hydrogen-bond donors (Lipinski definition) is 1. The zero-order valence-electron chi connectivity index (χ0n) is 10.5. The maximum atomic E-state index is 5.78. The lowest BCUT2D eigenvalue weighted by molar-refractivity contribution is 0.414. The Bertz CT molecular complexity index is 558. The largest absolute Gasteiger partial charge is 0.497 e. The maximum absolute atomic E-state index is 5.78. The van der Waals surface area contributed by atoms with Crippen molar-refractivity contribution >= 4 is 0 Å². The fourth-order valence-electron chi connectivity index (χ4n) is 2.13. The van der Waals surface area contributed by atoms with Gasteiger partial charge in [-0.1, -0.05) is 6.07 Å². The third-order valence-corrected chi connectivity index (χ3v) is 3.36. The van der Waals surface area contributed by atoms with Crippen molar-refractivity contribution in [3.8, 4) is 11.4 Å². The lowest BCUT2D eigenvalue weighted by Crippen LogP contribution is -2.05. The summed E-state index contributed by atoms with van der Waals surface area (Å²) in [4.78, 5) is 0. The Hall–Kier alpha value is -1.81. The van der Waals surface area contributed by atoms with Crippen molar-refractivity contribution in [1.82, 2.24) is 9.78 Å². The predicted molar refractivity (Wildman–Crippen MR) is 70.0 cm³/mol. The molecule has 0 amide bonds. The summed E-state index contributed by atoms with van der Waals surface area (Å²) < 4.78 is 7.16. The van der Waals surface area contributed by atoms with Gasteiger partial charge < -0.3 is 10.5 Å². The number of nitrogens with two attached hydrogens (primary N) is 1. The van der Waals surface area contributed by atoms with Crippen LogP contribution in [0.15, 0.2) is 30.5 Å². The molecule has 2 N–H and O–H groups in total. The molecule has 0 spiro atoms. The molecule has 0 unspecified atom stereocenters. The van der Waals surface area contributed by atoms with E-state index in [9.17, 15) is 0 Å². The van der Waals surface area contributed by atoms with Crippen LogP contribution >= 0.6 is 0 Å². The lowest BCUT2D eigenvalue weighted by atomic mass is 10.1. The molecule has 4 heteroatoms. The smallest absolute Gasteiger partial charge is 0.121 e. The molecule has 3 rings (SSSR count). The van der Waals surface area contributed by atoms with Crippen LogP contribution in [0.4, 0.5) is 0 Å². The third kappa shape index (κ3) is 1.99. The first-order chi connectivity index (χ1) is 8.81. The number of aromatic nitrogens is 2. The second kappa shape index (κ2) is 4.46. The van der Waals surface area contributed by atoms with Gasteiger partial charge in [0.2, 0.25) is 0 Å². The van der Waals surface area contributed by atoms with Crippen molar-refractivity contribution in [2.45, 2.75) is 25.3 Å². The van der Waals surface area contributed by atoms with Crippen molar-refractivity contribution in [1.29, 1.82) is 0 Å². The van der Waals surface area contributed by atoms with E-state index in [-0.39, 0.29) is 0 Å². The van der Waals surface area contributed by atoms with E-state index in [1.165, 1.54) is 18.5 Å². The molecule has 4 nitrogen and oxygen atoms in total. The third-order valence-electron chi connectivity index (χ3n) is 3.36. The molecule has 0 bridgehead atoms. The molecule has 1 aromatic carbocycles. The second-order valence-corrected chi connectivity index (χ2v) is 4.66. The van der Waals surface area contributed by atoms with Gasteiger partial charge in [0.1, 0.15) is 5.75 Å². The fourth-order valence-corrected chi connectivity index (χ4v) is 2.13. The van der Waals surface area contributed by atoms with E-state index < -0.39 is 0 Å². The van der Waals surface area contributed by atoms with E-state index in [0.717, 1.165) is 17.0 Å². The van der Waals surface area contributed by atoms with Gasteiger partial charge in [0, 0.05) is 24.7 Å². The molecule has 0 atom stereocenters. The summed E-state index contributed by atoms with van der Waals surface area (Å²) in [7, 11) is 1.67. The van der Waals surface area contributed by atoms with Crippen LogP contribution in [-0.2, 0) is 6.54 Å². The van der Waals surface area contributed by atoms with E-state index in [1.807, 2.05) is 29.1 Å². The minimum atomic E-state index is 0.498. The van der Waals surface area contributed by atoms with Crippen LogP contribution in [0.25, 0.3) is 5.69 Å². The number of ether oxygens (including phenoxy) is 1. The highest BCUT2D eigenvalue weighted by Crippen LogP contribution is 2.39. The number of nitrogens with zero attached hydrogens (tertiary/aromatic N) is 2. The Balaban J connectivity index is 2.01.